The summed E-state index contributed by atoms with van der Waals surface area (Å²) in [4.78, 5) is 12.5. The highest BCUT2D eigenvalue weighted by atomic mass is 16.1. The van der Waals surface area contributed by atoms with E-state index in [1.54, 1.807) is 0 Å². The first-order chi connectivity index (χ1) is 10.2. The average molecular weight is 282 g/mol. The van der Waals surface area contributed by atoms with Crippen molar-refractivity contribution in [1.82, 2.24) is 5.32 Å². The lowest BCUT2D eigenvalue weighted by Gasteiger charge is -2.19. The van der Waals surface area contributed by atoms with Crippen LogP contribution >= 0.6 is 0 Å². The fourth-order valence-corrected chi connectivity index (χ4v) is 2.35. The molecule has 0 saturated carbocycles. The van der Waals surface area contributed by atoms with Gasteiger partial charge in [-0.25, -0.2) is 0 Å². The quantitative estimate of drug-likeness (QED) is 0.872. The van der Waals surface area contributed by atoms with Gasteiger partial charge in [0.25, 0.3) is 5.91 Å². The van der Waals surface area contributed by atoms with Gasteiger partial charge in [-0.3, -0.25) is 4.79 Å². The van der Waals surface area contributed by atoms with E-state index >= 15 is 0 Å². The van der Waals surface area contributed by atoms with E-state index in [0.29, 0.717) is 5.56 Å². The summed E-state index contributed by atoms with van der Waals surface area (Å²) in [5, 5.41) is 6.17. The highest BCUT2D eigenvalue weighted by Crippen LogP contribution is 2.20. The van der Waals surface area contributed by atoms with Crippen molar-refractivity contribution in [2.75, 3.05) is 12.4 Å². The molecule has 3 heteroatoms. The molecule has 21 heavy (non-hydrogen) atoms. The first kappa shape index (κ1) is 15.1. The fourth-order valence-electron chi connectivity index (χ4n) is 2.35. The van der Waals surface area contributed by atoms with E-state index in [2.05, 4.69) is 48.7 Å². The maximum Gasteiger partial charge on any atom is 0.253 e. The summed E-state index contributed by atoms with van der Waals surface area (Å²) in [7, 11) is 1.82. The Labute approximate surface area is 126 Å². The van der Waals surface area contributed by atoms with Crippen molar-refractivity contribution in [3.63, 3.8) is 0 Å². The molecule has 0 spiro atoms. The Kier molecular flexibility index (Phi) is 4.99. The second-order valence-corrected chi connectivity index (χ2v) is 5.14. The van der Waals surface area contributed by atoms with E-state index in [1.807, 2.05) is 31.3 Å². The molecule has 1 unspecified atom stereocenters. The lowest BCUT2D eigenvalue weighted by molar-refractivity contribution is 0.0936. The summed E-state index contributed by atoms with van der Waals surface area (Å²) < 4.78 is 0. The molecule has 0 heterocycles. The van der Waals surface area contributed by atoms with Gasteiger partial charge in [0.1, 0.15) is 0 Å². The summed E-state index contributed by atoms with van der Waals surface area (Å²) in [6.07, 6.45) is 0.858. The first-order valence-corrected chi connectivity index (χ1v) is 7.30. The Hall–Kier alpha value is -2.29. The van der Waals surface area contributed by atoms with Gasteiger partial charge < -0.3 is 10.6 Å². The van der Waals surface area contributed by atoms with Crippen LogP contribution in [0.3, 0.4) is 0 Å². The highest BCUT2D eigenvalue weighted by Gasteiger charge is 2.16. The van der Waals surface area contributed by atoms with Crippen molar-refractivity contribution in [3.8, 4) is 0 Å². The molecule has 0 aliphatic heterocycles. The molecule has 3 nitrogen and oxygen atoms in total. The van der Waals surface area contributed by atoms with E-state index in [4.69, 9.17) is 0 Å². The van der Waals surface area contributed by atoms with Crippen LogP contribution in [0.25, 0.3) is 0 Å². The highest BCUT2D eigenvalue weighted by molar-refractivity contribution is 5.99. The van der Waals surface area contributed by atoms with Crippen molar-refractivity contribution in [1.29, 1.82) is 0 Å². The summed E-state index contributed by atoms with van der Waals surface area (Å²) in [6.45, 7) is 4.14. The van der Waals surface area contributed by atoms with Crippen LogP contribution in [0.2, 0.25) is 0 Å². The molecular weight excluding hydrogens is 260 g/mol. The fraction of sp³-hybridized carbons (Fsp3) is 0.278. The molecule has 2 aromatic carbocycles. The van der Waals surface area contributed by atoms with E-state index in [9.17, 15) is 4.79 Å². The molecule has 0 aliphatic carbocycles. The van der Waals surface area contributed by atoms with E-state index in [0.717, 1.165) is 17.7 Å². The number of amides is 1. The number of nitrogens with one attached hydrogen (secondary N) is 2. The predicted octanol–water partition coefficient (Wildman–Crippen LogP) is 3.92. The molecule has 0 fully saturated rings. The number of carbonyl (C=O) groups excluding carboxylic acids is 1. The van der Waals surface area contributed by atoms with Gasteiger partial charge in [-0.2, -0.15) is 0 Å². The van der Waals surface area contributed by atoms with Gasteiger partial charge >= 0.3 is 0 Å². The van der Waals surface area contributed by atoms with Crippen LogP contribution in [0.1, 0.15) is 40.9 Å². The number of aryl methyl sites for hydroxylation is 1. The van der Waals surface area contributed by atoms with Crippen molar-refractivity contribution in [3.05, 3.63) is 65.2 Å². The zero-order chi connectivity index (χ0) is 15.2. The summed E-state index contributed by atoms with van der Waals surface area (Å²) in [5.41, 5.74) is 3.87. The molecule has 110 valence electrons. The van der Waals surface area contributed by atoms with Crippen LogP contribution < -0.4 is 10.6 Å². The average Bonchev–Trinajstić information content (AvgIpc) is 2.53. The molecule has 2 aromatic rings. The predicted molar refractivity (Wildman–Crippen MR) is 87.7 cm³/mol. The minimum Gasteiger partial charge on any atom is -0.387 e. The van der Waals surface area contributed by atoms with E-state index < -0.39 is 0 Å². The van der Waals surface area contributed by atoms with Crippen molar-refractivity contribution >= 4 is 11.6 Å². The molecule has 0 aliphatic rings. The van der Waals surface area contributed by atoms with Gasteiger partial charge in [0, 0.05) is 12.7 Å². The van der Waals surface area contributed by atoms with Crippen LogP contribution in [0.15, 0.2) is 48.5 Å². The third-order valence-electron chi connectivity index (χ3n) is 3.63. The van der Waals surface area contributed by atoms with Crippen LogP contribution in [0, 0.1) is 6.92 Å². The van der Waals surface area contributed by atoms with Crippen molar-refractivity contribution in [2.24, 2.45) is 0 Å². The normalized spacial score (nSPS) is 11.8. The van der Waals surface area contributed by atoms with Crippen LogP contribution in [0.4, 0.5) is 5.69 Å². The number of carbonyl (C=O) groups is 1. The van der Waals surface area contributed by atoms with Gasteiger partial charge in [0.15, 0.2) is 0 Å². The van der Waals surface area contributed by atoms with Gasteiger partial charge in [0.2, 0.25) is 0 Å². The molecule has 2 N–H and O–H groups in total. The molecule has 0 aromatic heterocycles. The number of para-hydroxylation sites is 1. The third-order valence-corrected chi connectivity index (χ3v) is 3.63. The lowest BCUT2D eigenvalue weighted by Crippen LogP contribution is -2.28. The smallest absolute Gasteiger partial charge is 0.253 e. The maximum absolute atomic E-state index is 12.5. The Bertz CT molecular complexity index is 605. The summed E-state index contributed by atoms with van der Waals surface area (Å²) in [5.74, 6) is -0.0487. The standard InChI is InChI=1S/C18H22N2O/c1-4-16(14-11-9-13(2)10-12-14)20-18(21)15-7-5-6-8-17(15)19-3/h5-12,16,19H,4H2,1-3H3,(H,20,21). The van der Waals surface area contributed by atoms with Gasteiger partial charge in [-0.05, 0) is 31.0 Å². The molecule has 2 rings (SSSR count). The second-order valence-electron chi connectivity index (χ2n) is 5.14. The van der Waals surface area contributed by atoms with Crippen LogP contribution in [-0.4, -0.2) is 13.0 Å². The Balaban J connectivity index is 2.18. The molecular formula is C18H22N2O. The molecule has 1 amide bonds. The molecule has 0 bridgehead atoms. The van der Waals surface area contributed by atoms with E-state index in [-0.39, 0.29) is 11.9 Å². The number of rotatable bonds is 5. The number of anilines is 1. The second kappa shape index (κ2) is 6.93. The Morgan fingerprint density at radius 3 is 2.38 bits per heavy atom. The van der Waals surface area contributed by atoms with Crippen molar-refractivity contribution in [2.45, 2.75) is 26.3 Å². The lowest BCUT2D eigenvalue weighted by atomic mass is 10.0. The zero-order valence-corrected chi connectivity index (χ0v) is 12.8. The number of hydrogen-bond acceptors (Lipinski definition) is 2. The van der Waals surface area contributed by atoms with Gasteiger partial charge in [0.05, 0.1) is 11.6 Å². The number of benzene rings is 2. The van der Waals surface area contributed by atoms with E-state index in [1.165, 1.54) is 5.56 Å². The summed E-state index contributed by atoms with van der Waals surface area (Å²) >= 11 is 0. The third kappa shape index (κ3) is 3.63. The Morgan fingerprint density at radius 1 is 1.10 bits per heavy atom. The first-order valence-electron chi connectivity index (χ1n) is 7.30. The summed E-state index contributed by atoms with van der Waals surface area (Å²) in [6, 6.07) is 15.9. The molecule has 1 atom stereocenters. The largest absolute Gasteiger partial charge is 0.387 e. The molecule has 0 radical (unpaired) electrons. The number of hydrogen-bond donors (Lipinski definition) is 2. The monoisotopic (exact) mass is 282 g/mol. The van der Waals surface area contributed by atoms with Crippen LogP contribution in [-0.2, 0) is 0 Å². The maximum atomic E-state index is 12.5. The zero-order valence-electron chi connectivity index (χ0n) is 12.8. The minimum absolute atomic E-state index is 0.0306. The van der Waals surface area contributed by atoms with Crippen molar-refractivity contribution < 1.29 is 4.79 Å². The molecule has 0 saturated heterocycles. The van der Waals surface area contributed by atoms with Gasteiger partial charge in [-0.1, -0.05) is 48.9 Å². The van der Waals surface area contributed by atoms with Crippen LogP contribution in [0.5, 0.6) is 0 Å². The SMILES string of the molecule is CCC(NC(=O)c1ccccc1NC)c1ccc(C)cc1. The Morgan fingerprint density at radius 2 is 1.76 bits per heavy atom. The topological polar surface area (TPSA) is 41.1 Å². The minimum atomic E-state index is -0.0487. The van der Waals surface area contributed by atoms with Gasteiger partial charge in [-0.15, -0.1) is 0 Å².